The molecule has 0 aliphatic carbocycles. The lowest BCUT2D eigenvalue weighted by molar-refractivity contribution is 0.529. The maximum atomic E-state index is 5.80. The average molecular weight is 335 g/mol. The number of benzene rings is 2. The number of hydrogen-bond donors (Lipinski definition) is 0. The van der Waals surface area contributed by atoms with E-state index in [1.807, 2.05) is 60.7 Å². The molecule has 0 saturated heterocycles. The van der Waals surface area contributed by atoms with Gasteiger partial charge in [-0.05, 0) is 22.6 Å². The van der Waals surface area contributed by atoms with Crippen LogP contribution >= 0.6 is 11.8 Å². The second-order valence-corrected chi connectivity index (χ2v) is 5.92. The summed E-state index contributed by atoms with van der Waals surface area (Å²) in [6, 6.07) is 19.7. The Hall–Kier alpha value is -2.93. The van der Waals surface area contributed by atoms with Crippen molar-refractivity contribution in [3.63, 3.8) is 0 Å². The summed E-state index contributed by atoms with van der Waals surface area (Å²) in [5.74, 6) is 1.95. The maximum Gasteiger partial charge on any atom is 0.214 e. The molecule has 6 nitrogen and oxygen atoms in total. The van der Waals surface area contributed by atoms with Gasteiger partial charge in [0.1, 0.15) is 0 Å². The standard InChI is InChI=1S/C17H13N5OS/c1-3-7-13(8-4-1)15-11-18-16(23-15)12-24-17-19-20-21-22(17)14-9-5-2-6-10-14/h1-11H,12H2. The lowest BCUT2D eigenvalue weighted by atomic mass is 10.2. The Bertz CT molecular complexity index is 920. The normalized spacial score (nSPS) is 10.8. The van der Waals surface area contributed by atoms with Gasteiger partial charge in [0.15, 0.2) is 5.76 Å². The fourth-order valence-electron chi connectivity index (χ4n) is 2.24. The summed E-state index contributed by atoms with van der Waals surface area (Å²) >= 11 is 1.48. The van der Waals surface area contributed by atoms with Gasteiger partial charge >= 0.3 is 0 Å². The molecule has 0 aliphatic rings. The molecule has 0 fully saturated rings. The quantitative estimate of drug-likeness (QED) is 0.519. The zero-order valence-electron chi connectivity index (χ0n) is 12.6. The minimum Gasteiger partial charge on any atom is -0.440 e. The van der Waals surface area contributed by atoms with Gasteiger partial charge in [-0.15, -0.1) is 5.10 Å². The van der Waals surface area contributed by atoms with Gasteiger partial charge in [0, 0.05) is 5.56 Å². The highest BCUT2D eigenvalue weighted by Crippen LogP contribution is 2.25. The SMILES string of the molecule is c1ccc(-c2cnc(CSc3nnnn3-c3ccccc3)o2)cc1. The smallest absolute Gasteiger partial charge is 0.214 e. The van der Waals surface area contributed by atoms with Crippen LogP contribution in [0.2, 0.25) is 0 Å². The molecule has 0 aliphatic heterocycles. The summed E-state index contributed by atoms with van der Waals surface area (Å²) < 4.78 is 7.50. The van der Waals surface area contributed by atoms with Crippen molar-refractivity contribution >= 4 is 11.8 Å². The Kier molecular flexibility index (Phi) is 4.07. The molecule has 0 N–H and O–H groups in total. The number of hydrogen-bond acceptors (Lipinski definition) is 6. The Labute approximate surface area is 142 Å². The predicted molar refractivity (Wildman–Crippen MR) is 90.7 cm³/mol. The fraction of sp³-hybridized carbons (Fsp3) is 0.0588. The first-order valence-electron chi connectivity index (χ1n) is 7.37. The lowest BCUT2D eigenvalue weighted by Gasteiger charge is -2.02. The van der Waals surface area contributed by atoms with Crippen LogP contribution in [-0.2, 0) is 5.75 Å². The van der Waals surface area contributed by atoms with E-state index in [0.717, 1.165) is 17.0 Å². The topological polar surface area (TPSA) is 69.6 Å². The van der Waals surface area contributed by atoms with Crippen LogP contribution in [0.1, 0.15) is 5.89 Å². The molecule has 0 radical (unpaired) electrons. The third kappa shape index (κ3) is 3.07. The second kappa shape index (κ2) is 6.67. The number of thioether (sulfide) groups is 1. The number of tetrazole rings is 1. The highest BCUT2D eigenvalue weighted by Gasteiger charge is 2.12. The zero-order valence-corrected chi connectivity index (χ0v) is 13.4. The molecule has 0 amide bonds. The predicted octanol–water partition coefficient (Wildman–Crippen LogP) is 3.61. The van der Waals surface area contributed by atoms with Crippen LogP contribution in [0, 0.1) is 0 Å². The molecule has 0 saturated carbocycles. The summed E-state index contributed by atoms with van der Waals surface area (Å²) in [6.07, 6.45) is 1.74. The molecule has 2 heterocycles. The minimum absolute atomic E-state index is 0.556. The van der Waals surface area contributed by atoms with E-state index >= 15 is 0 Å². The molecular formula is C17H13N5OS. The average Bonchev–Trinajstić information content (AvgIpc) is 3.31. The van der Waals surface area contributed by atoms with Gasteiger partial charge in [-0.25, -0.2) is 4.98 Å². The van der Waals surface area contributed by atoms with E-state index in [9.17, 15) is 0 Å². The summed E-state index contributed by atoms with van der Waals surface area (Å²) in [5, 5.41) is 12.6. The molecule has 0 unspecified atom stereocenters. The molecule has 0 atom stereocenters. The summed E-state index contributed by atoms with van der Waals surface area (Å²) in [7, 11) is 0. The van der Waals surface area contributed by atoms with Crippen molar-refractivity contribution in [2.75, 3.05) is 0 Å². The van der Waals surface area contributed by atoms with Gasteiger partial charge in [0.2, 0.25) is 11.0 Å². The largest absolute Gasteiger partial charge is 0.440 e. The minimum atomic E-state index is 0.556. The Morgan fingerprint density at radius 1 is 0.958 bits per heavy atom. The summed E-state index contributed by atoms with van der Waals surface area (Å²) in [6.45, 7) is 0. The molecule has 4 rings (SSSR count). The van der Waals surface area contributed by atoms with Crippen LogP contribution in [0.15, 0.2) is 76.4 Å². The van der Waals surface area contributed by atoms with Gasteiger partial charge in [-0.3, -0.25) is 0 Å². The third-order valence-electron chi connectivity index (χ3n) is 3.38. The van der Waals surface area contributed by atoms with Gasteiger partial charge < -0.3 is 4.42 Å². The van der Waals surface area contributed by atoms with E-state index in [2.05, 4.69) is 20.5 Å². The lowest BCUT2D eigenvalue weighted by Crippen LogP contribution is -1.98. The van der Waals surface area contributed by atoms with Crippen molar-refractivity contribution in [3.8, 4) is 17.0 Å². The van der Waals surface area contributed by atoms with Crippen LogP contribution < -0.4 is 0 Å². The molecule has 7 heteroatoms. The van der Waals surface area contributed by atoms with E-state index < -0.39 is 0 Å². The van der Waals surface area contributed by atoms with Gasteiger partial charge in [0.05, 0.1) is 17.6 Å². The molecule has 0 bridgehead atoms. The fourth-order valence-corrected chi connectivity index (χ4v) is 2.98. The molecule has 2 aromatic heterocycles. The first kappa shape index (κ1) is 14.6. The van der Waals surface area contributed by atoms with Crippen LogP contribution in [0.3, 0.4) is 0 Å². The third-order valence-corrected chi connectivity index (χ3v) is 4.28. The van der Waals surface area contributed by atoms with Crippen molar-refractivity contribution in [2.45, 2.75) is 10.9 Å². The molecule has 0 spiro atoms. The molecule has 24 heavy (non-hydrogen) atoms. The van der Waals surface area contributed by atoms with Crippen LogP contribution in [0.4, 0.5) is 0 Å². The first-order chi connectivity index (χ1) is 11.9. The van der Waals surface area contributed by atoms with Crippen LogP contribution in [0.5, 0.6) is 0 Å². The second-order valence-electron chi connectivity index (χ2n) is 4.98. The molecular weight excluding hydrogens is 322 g/mol. The Balaban J connectivity index is 1.49. The van der Waals surface area contributed by atoms with Gasteiger partial charge in [0.25, 0.3) is 0 Å². The molecule has 2 aromatic carbocycles. The number of para-hydroxylation sites is 1. The molecule has 118 valence electrons. The Morgan fingerprint density at radius 3 is 2.50 bits per heavy atom. The maximum absolute atomic E-state index is 5.80. The van der Waals surface area contributed by atoms with E-state index in [1.165, 1.54) is 11.8 Å². The van der Waals surface area contributed by atoms with Crippen molar-refractivity contribution in [3.05, 3.63) is 72.8 Å². The van der Waals surface area contributed by atoms with E-state index in [-0.39, 0.29) is 0 Å². The summed E-state index contributed by atoms with van der Waals surface area (Å²) in [5.41, 5.74) is 1.93. The van der Waals surface area contributed by atoms with Crippen molar-refractivity contribution in [1.82, 2.24) is 25.2 Å². The zero-order chi connectivity index (χ0) is 16.2. The number of oxazole rings is 1. The number of aromatic nitrogens is 5. The number of rotatable bonds is 5. The monoisotopic (exact) mass is 335 g/mol. The first-order valence-corrected chi connectivity index (χ1v) is 8.35. The number of nitrogens with zero attached hydrogens (tertiary/aromatic N) is 5. The van der Waals surface area contributed by atoms with Gasteiger partial charge in [-0.2, -0.15) is 4.68 Å². The van der Waals surface area contributed by atoms with E-state index in [0.29, 0.717) is 16.8 Å². The van der Waals surface area contributed by atoms with Crippen LogP contribution in [0.25, 0.3) is 17.0 Å². The van der Waals surface area contributed by atoms with E-state index in [1.54, 1.807) is 10.9 Å². The van der Waals surface area contributed by atoms with Crippen molar-refractivity contribution in [1.29, 1.82) is 0 Å². The summed E-state index contributed by atoms with van der Waals surface area (Å²) in [4.78, 5) is 4.33. The van der Waals surface area contributed by atoms with Gasteiger partial charge in [-0.1, -0.05) is 60.3 Å². The van der Waals surface area contributed by atoms with E-state index in [4.69, 9.17) is 4.42 Å². The highest BCUT2D eigenvalue weighted by molar-refractivity contribution is 7.98. The van der Waals surface area contributed by atoms with Crippen LogP contribution in [-0.4, -0.2) is 25.2 Å². The highest BCUT2D eigenvalue weighted by atomic mass is 32.2. The molecule has 4 aromatic rings. The van der Waals surface area contributed by atoms with Crippen molar-refractivity contribution in [2.24, 2.45) is 0 Å². The van der Waals surface area contributed by atoms with Crippen molar-refractivity contribution < 1.29 is 4.42 Å². The Morgan fingerprint density at radius 2 is 1.71 bits per heavy atom.